The maximum Gasteiger partial charge on any atom is 0.199 e. The third-order valence-electron chi connectivity index (χ3n) is 3.80. The lowest BCUT2D eigenvalue weighted by Gasteiger charge is -2.30. The summed E-state index contributed by atoms with van der Waals surface area (Å²) in [6, 6.07) is 7.65. The predicted molar refractivity (Wildman–Crippen MR) is 89.5 cm³/mol. The molecule has 0 radical (unpaired) electrons. The molecule has 1 aromatic carbocycles. The molecule has 0 saturated carbocycles. The highest BCUT2D eigenvalue weighted by Crippen LogP contribution is 2.20. The van der Waals surface area contributed by atoms with Gasteiger partial charge in [-0.15, -0.1) is 0 Å². The van der Waals surface area contributed by atoms with Crippen LogP contribution < -0.4 is 0 Å². The van der Waals surface area contributed by atoms with Crippen molar-refractivity contribution in [3.8, 4) is 11.4 Å². The zero-order valence-electron chi connectivity index (χ0n) is 12.7. The lowest BCUT2D eigenvalue weighted by Crippen LogP contribution is -2.42. The van der Waals surface area contributed by atoms with E-state index in [0.717, 1.165) is 31.1 Å². The van der Waals surface area contributed by atoms with Crippen molar-refractivity contribution in [2.45, 2.75) is 19.7 Å². The number of halogens is 1. The zero-order valence-corrected chi connectivity index (χ0v) is 14.3. The van der Waals surface area contributed by atoms with Crippen molar-refractivity contribution in [2.24, 2.45) is 7.05 Å². The third kappa shape index (κ3) is 3.25. The molecule has 1 fully saturated rings. The number of hydrogen-bond donors (Lipinski definition) is 0. The SMILES string of the molecule is C[C@H]1CN(Cn2nc(-c3ccc(Cl)cc3)n(C)c2=S)CCO1. The second-order valence-electron chi connectivity index (χ2n) is 5.57. The van der Waals surface area contributed by atoms with Crippen LogP contribution in [-0.2, 0) is 18.5 Å². The smallest absolute Gasteiger partial charge is 0.199 e. The summed E-state index contributed by atoms with van der Waals surface area (Å²) in [5.41, 5.74) is 1.01. The van der Waals surface area contributed by atoms with Crippen LogP contribution in [0.2, 0.25) is 5.02 Å². The van der Waals surface area contributed by atoms with E-state index in [9.17, 15) is 0 Å². The first-order valence-electron chi connectivity index (χ1n) is 7.28. The maximum atomic E-state index is 5.95. The minimum absolute atomic E-state index is 0.252. The summed E-state index contributed by atoms with van der Waals surface area (Å²) >= 11 is 11.5. The van der Waals surface area contributed by atoms with Crippen LogP contribution in [0.3, 0.4) is 0 Å². The zero-order chi connectivity index (χ0) is 15.7. The lowest BCUT2D eigenvalue weighted by atomic mass is 10.2. The van der Waals surface area contributed by atoms with Gasteiger partial charge in [-0.1, -0.05) is 11.6 Å². The number of aromatic nitrogens is 3. The molecule has 2 aromatic rings. The molecule has 1 aliphatic rings. The van der Waals surface area contributed by atoms with Crippen LogP contribution in [0.4, 0.5) is 0 Å². The van der Waals surface area contributed by atoms with Gasteiger partial charge in [0.05, 0.1) is 19.4 Å². The number of hydrogen-bond acceptors (Lipinski definition) is 4. The van der Waals surface area contributed by atoms with E-state index in [2.05, 4.69) is 16.9 Å². The van der Waals surface area contributed by atoms with Gasteiger partial charge in [-0.25, -0.2) is 4.68 Å². The number of ether oxygens (including phenoxy) is 1. The fourth-order valence-electron chi connectivity index (χ4n) is 2.64. The summed E-state index contributed by atoms with van der Waals surface area (Å²) in [6.45, 7) is 5.33. The molecule has 0 bridgehead atoms. The summed E-state index contributed by atoms with van der Waals surface area (Å²) in [6.07, 6.45) is 0.252. The van der Waals surface area contributed by atoms with Crippen molar-refractivity contribution in [3.05, 3.63) is 34.1 Å². The molecule has 0 aliphatic carbocycles. The Balaban J connectivity index is 1.86. The van der Waals surface area contributed by atoms with Crippen LogP contribution in [0.1, 0.15) is 6.92 Å². The van der Waals surface area contributed by atoms with Gasteiger partial charge in [-0.3, -0.25) is 4.90 Å². The van der Waals surface area contributed by atoms with Crippen LogP contribution >= 0.6 is 23.8 Å². The molecule has 1 aromatic heterocycles. The van der Waals surface area contributed by atoms with Crippen LogP contribution in [0, 0.1) is 4.77 Å². The van der Waals surface area contributed by atoms with Gasteiger partial charge in [0.2, 0.25) is 0 Å². The minimum Gasteiger partial charge on any atom is -0.376 e. The maximum absolute atomic E-state index is 5.95. The Morgan fingerprint density at radius 2 is 2.09 bits per heavy atom. The van der Waals surface area contributed by atoms with Gasteiger partial charge in [0, 0.05) is 30.7 Å². The summed E-state index contributed by atoms with van der Waals surface area (Å²) in [7, 11) is 1.94. The third-order valence-corrected chi connectivity index (χ3v) is 4.54. The Bertz CT molecular complexity index is 709. The molecule has 22 heavy (non-hydrogen) atoms. The average molecular weight is 339 g/mol. The van der Waals surface area contributed by atoms with Gasteiger partial charge in [0.1, 0.15) is 0 Å². The normalized spacial score (nSPS) is 19.5. The van der Waals surface area contributed by atoms with E-state index in [-0.39, 0.29) is 6.10 Å². The van der Waals surface area contributed by atoms with Crippen LogP contribution in [0.25, 0.3) is 11.4 Å². The Hall–Kier alpha value is -1.21. The van der Waals surface area contributed by atoms with Crippen LogP contribution in [0.5, 0.6) is 0 Å². The number of nitrogens with zero attached hydrogens (tertiary/aromatic N) is 4. The molecular weight excluding hydrogens is 320 g/mol. The number of rotatable bonds is 3. The van der Waals surface area contributed by atoms with Crippen LogP contribution in [-0.4, -0.2) is 45.0 Å². The second kappa shape index (κ2) is 6.50. The standard InChI is InChI=1S/C15H19ClN4OS/c1-11-9-19(7-8-21-11)10-20-15(22)18(2)14(17-20)12-3-5-13(16)6-4-12/h3-6,11H,7-10H2,1-2H3/t11-/m0/s1. The molecule has 2 heterocycles. The highest BCUT2D eigenvalue weighted by atomic mass is 35.5. The summed E-state index contributed by atoms with van der Waals surface area (Å²) < 4.78 is 10.1. The minimum atomic E-state index is 0.252. The molecule has 0 amide bonds. The summed E-state index contributed by atoms with van der Waals surface area (Å²) in [5, 5.41) is 5.39. The van der Waals surface area contributed by atoms with E-state index >= 15 is 0 Å². The van der Waals surface area contributed by atoms with Gasteiger partial charge in [0.25, 0.3) is 0 Å². The fraction of sp³-hybridized carbons (Fsp3) is 0.467. The molecule has 0 N–H and O–H groups in total. The molecule has 0 unspecified atom stereocenters. The van der Waals surface area contributed by atoms with Gasteiger partial charge in [0.15, 0.2) is 10.6 Å². The molecule has 0 spiro atoms. The Kier molecular flexibility index (Phi) is 4.63. The lowest BCUT2D eigenvalue weighted by molar-refractivity contribution is -0.0307. The molecule has 3 rings (SSSR count). The number of benzene rings is 1. The van der Waals surface area contributed by atoms with Crippen molar-refractivity contribution in [1.82, 2.24) is 19.2 Å². The van der Waals surface area contributed by atoms with E-state index in [4.69, 9.17) is 28.6 Å². The number of morpholine rings is 1. The average Bonchev–Trinajstić information content (AvgIpc) is 2.77. The quantitative estimate of drug-likeness (QED) is 0.806. The van der Waals surface area contributed by atoms with Crippen molar-refractivity contribution >= 4 is 23.8 Å². The topological polar surface area (TPSA) is 35.2 Å². The second-order valence-corrected chi connectivity index (χ2v) is 6.37. The molecule has 5 nitrogen and oxygen atoms in total. The van der Waals surface area contributed by atoms with E-state index in [1.165, 1.54) is 0 Å². The predicted octanol–water partition coefficient (Wildman–Crippen LogP) is 2.95. The molecule has 7 heteroatoms. The summed E-state index contributed by atoms with van der Waals surface area (Å²) in [4.78, 5) is 2.31. The van der Waals surface area contributed by atoms with E-state index < -0.39 is 0 Å². The first kappa shape index (κ1) is 15.7. The first-order valence-corrected chi connectivity index (χ1v) is 8.07. The van der Waals surface area contributed by atoms with Crippen molar-refractivity contribution in [3.63, 3.8) is 0 Å². The Labute approximate surface area is 140 Å². The van der Waals surface area contributed by atoms with Crippen molar-refractivity contribution in [2.75, 3.05) is 19.7 Å². The van der Waals surface area contributed by atoms with Crippen LogP contribution in [0.15, 0.2) is 24.3 Å². The monoisotopic (exact) mass is 338 g/mol. The molecule has 118 valence electrons. The van der Waals surface area contributed by atoms with Gasteiger partial charge in [-0.05, 0) is 43.4 Å². The highest BCUT2D eigenvalue weighted by Gasteiger charge is 2.18. The van der Waals surface area contributed by atoms with Gasteiger partial charge < -0.3 is 9.30 Å². The molecule has 1 atom stereocenters. The van der Waals surface area contributed by atoms with E-state index in [0.29, 0.717) is 16.5 Å². The fourth-order valence-corrected chi connectivity index (χ4v) is 2.95. The Morgan fingerprint density at radius 3 is 2.77 bits per heavy atom. The molecular formula is C15H19ClN4OS. The molecule has 1 aliphatic heterocycles. The largest absolute Gasteiger partial charge is 0.376 e. The Morgan fingerprint density at radius 1 is 1.36 bits per heavy atom. The van der Waals surface area contributed by atoms with Crippen molar-refractivity contribution in [1.29, 1.82) is 0 Å². The van der Waals surface area contributed by atoms with Gasteiger partial charge >= 0.3 is 0 Å². The molecule has 1 saturated heterocycles. The van der Waals surface area contributed by atoms with E-state index in [1.807, 2.05) is 40.6 Å². The first-order chi connectivity index (χ1) is 10.5. The van der Waals surface area contributed by atoms with Crippen molar-refractivity contribution < 1.29 is 4.74 Å². The van der Waals surface area contributed by atoms with E-state index in [1.54, 1.807) is 0 Å². The highest BCUT2D eigenvalue weighted by molar-refractivity contribution is 7.71. The summed E-state index contributed by atoms with van der Waals surface area (Å²) in [5.74, 6) is 0.850. The van der Waals surface area contributed by atoms with Gasteiger partial charge in [-0.2, -0.15) is 5.10 Å².